The second-order valence-electron chi connectivity index (χ2n) is 9.22. The SMILES string of the molecule is CC(=O)N1CCN(CC2(O)CCN(Cc3ccccc3)CC23CCCC3)C(=O)C1. The minimum Gasteiger partial charge on any atom is -0.387 e. The van der Waals surface area contributed by atoms with Crippen molar-refractivity contribution in [2.24, 2.45) is 5.41 Å². The van der Waals surface area contributed by atoms with Crippen molar-refractivity contribution < 1.29 is 14.7 Å². The number of nitrogens with zero attached hydrogens (tertiary/aromatic N) is 3. The van der Waals surface area contributed by atoms with Crippen molar-refractivity contribution >= 4 is 11.8 Å². The number of amides is 2. The van der Waals surface area contributed by atoms with Gasteiger partial charge in [0.2, 0.25) is 11.8 Å². The normalized spacial score (nSPS) is 27.6. The summed E-state index contributed by atoms with van der Waals surface area (Å²) in [7, 11) is 0. The van der Waals surface area contributed by atoms with Gasteiger partial charge in [-0.3, -0.25) is 14.5 Å². The first-order valence-corrected chi connectivity index (χ1v) is 10.9. The average Bonchev–Trinajstić information content (AvgIpc) is 3.17. The molecule has 29 heavy (non-hydrogen) atoms. The maximum Gasteiger partial charge on any atom is 0.242 e. The molecule has 2 heterocycles. The molecule has 0 aromatic heterocycles. The summed E-state index contributed by atoms with van der Waals surface area (Å²) in [6, 6.07) is 10.5. The molecule has 1 atom stereocenters. The Morgan fingerprint density at radius 1 is 1.07 bits per heavy atom. The highest BCUT2D eigenvalue weighted by Gasteiger charge is 2.55. The number of carbonyl (C=O) groups excluding carboxylic acids is 2. The zero-order valence-electron chi connectivity index (χ0n) is 17.5. The minimum absolute atomic E-state index is 0.0419. The number of benzene rings is 1. The van der Waals surface area contributed by atoms with Gasteiger partial charge in [-0.2, -0.15) is 0 Å². The van der Waals surface area contributed by atoms with Crippen LogP contribution in [0.25, 0.3) is 0 Å². The molecule has 1 unspecified atom stereocenters. The van der Waals surface area contributed by atoms with Gasteiger partial charge < -0.3 is 14.9 Å². The van der Waals surface area contributed by atoms with Crippen molar-refractivity contribution in [3.05, 3.63) is 35.9 Å². The molecule has 1 aromatic carbocycles. The van der Waals surface area contributed by atoms with Crippen molar-refractivity contribution in [3.63, 3.8) is 0 Å². The van der Waals surface area contributed by atoms with E-state index in [-0.39, 0.29) is 23.8 Å². The van der Waals surface area contributed by atoms with Crippen LogP contribution in [0.2, 0.25) is 0 Å². The van der Waals surface area contributed by atoms with Crippen molar-refractivity contribution in [1.29, 1.82) is 0 Å². The molecule has 3 fully saturated rings. The molecular formula is C23H33N3O3. The number of piperidine rings is 1. The Morgan fingerprint density at radius 2 is 1.79 bits per heavy atom. The van der Waals surface area contributed by atoms with E-state index in [0.717, 1.165) is 45.3 Å². The summed E-state index contributed by atoms with van der Waals surface area (Å²) < 4.78 is 0. The van der Waals surface area contributed by atoms with Crippen molar-refractivity contribution in [3.8, 4) is 0 Å². The summed E-state index contributed by atoms with van der Waals surface area (Å²) in [5, 5.41) is 11.8. The number of likely N-dealkylation sites (tertiary alicyclic amines) is 1. The Morgan fingerprint density at radius 3 is 2.45 bits per heavy atom. The molecule has 1 spiro atoms. The van der Waals surface area contributed by atoms with Crippen LogP contribution in [0.15, 0.2) is 30.3 Å². The summed E-state index contributed by atoms with van der Waals surface area (Å²) in [6.45, 7) is 5.76. The van der Waals surface area contributed by atoms with Gasteiger partial charge in [-0.1, -0.05) is 43.2 Å². The van der Waals surface area contributed by atoms with E-state index in [9.17, 15) is 14.7 Å². The Labute approximate surface area is 173 Å². The van der Waals surface area contributed by atoms with Gasteiger partial charge in [0, 0.05) is 45.1 Å². The highest BCUT2D eigenvalue weighted by molar-refractivity contribution is 5.85. The third-order valence-corrected chi connectivity index (χ3v) is 7.38. The van der Waals surface area contributed by atoms with Gasteiger partial charge in [0.15, 0.2) is 0 Å². The second kappa shape index (κ2) is 8.07. The molecule has 1 aliphatic carbocycles. The van der Waals surface area contributed by atoms with Crippen LogP contribution >= 0.6 is 0 Å². The first-order valence-electron chi connectivity index (χ1n) is 10.9. The lowest BCUT2D eigenvalue weighted by Crippen LogP contribution is -2.65. The van der Waals surface area contributed by atoms with Crippen LogP contribution in [0.1, 0.15) is 44.6 Å². The molecular weight excluding hydrogens is 366 g/mol. The maximum absolute atomic E-state index is 12.6. The topological polar surface area (TPSA) is 64.1 Å². The fraction of sp³-hybridized carbons (Fsp3) is 0.652. The fourth-order valence-electron chi connectivity index (χ4n) is 5.62. The summed E-state index contributed by atoms with van der Waals surface area (Å²) >= 11 is 0. The lowest BCUT2D eigenvalue weighted by Gasteiger charge is -2.54. The highest BCUT2D eigenvalue weighted by atomic mass is 16.3. The molecule has 6 nitrogen and oxygen atoms in total. The van der Waals surface area contributed by atoms with E-state index in [1.807, 2.05) is 6.07 Å². The lowest BCUT2D eigenvalue weighted by atomic mass is 9.65. The van der Waals surface area contributed by atoms with Gasteiger partial charge in [0.05, 0.1) is 18.7 Å². The highest BCUT2D eigenvalue weighted by Crippen LogP contribution is 2.51. The predicted molar refractivity (Wildman–Crippen MR) is 111 cm³/mol. The van der Waals surface area contributed by atoms with Gasteiger partial charge in [-0.25, -0.2) is 0 Å². The molecule has 2 amide bonds. The molecule has 4 rings (SSSR count). The molecule has 1 aromatic rings. The third kappa shape index (κ3) is 4.05. The number of hydrogen-bond donors (Lipinski definition) is 1. The summed E-state index contributed by atoms with van der Waals surface area (Å²) in [4.78, 5) is 30.1. The van der Waals surface area contributed by atoms with Crippen molar-refractivity contribution in [1.82, 2.24) is 14.7 Å². The van der Waals surface area contributed by atoms with Crippen LogP contribution in [0.3, 0.4) is 0 Å². The van der Waals surface area contributed by atoms with Gasteiger partial charge in [-0.05, 0) is 24.8 Å². The fourth-order valence-corrected chi connectivity index (χ4v) is 5.62. The van der Waals surface area contributed by atoms with E-state index in [0.29, 0.717) is 26.1 Å². The quantitative estimate of drug-likeness (QED) is 0.840. The largest absolute Gasteiger partial charge is 0.387 e. The van der Waals surface area contributed by atoms with Crippen LogP contribution in [0, 0.1) is 5.41 Å². The molecule has 2 aliphatic heterocycles. The monoisotopic (exact) mass is 399 g/mol. The molecule has 1 saturated carbocycles. The number of carbonyl (C=O) groups is 2. The Bertz CT molecular complexity index is 747. The molecule has 6 heteroatoms. The van der Waals surface area contributed by atoms with Crippen LogP contribution in [-0.4, -0.2) is 76.5 Å². The van der Waals surface area contributed by atoms with Crippen molar-refractivity contribution in [2.75, 3.05) is 39.3 Å². The summed E-state index contributed by atoms with van der Waals surface area (Å²) in [5.41, 5.74) is 0.324. The minimum atomic E-state index is -0.843. The van der Waals surface area contributed by atoms with Crippen LogP contribution < -0.4 is 0 Å². The summed E-state index contributed by atoms with van der Waals surface area (Å²) in [6.07, 6.45) is 5.04. The van der Waals surface area contributed by atoms with Gasteiger partial charge in [-0.15, -0.1) is 0 Å². The summed E-state index contributed by atoms with van der Waals surface area (Å²) in [5.74, 6) is -0.0991. The average molecular weight is 400 g/mol. The lowest BCUT2D eigenvalue weighted by molar-refractivity contribution is -0.165. The van der Waals surface area contributed by atoms with Gasteiger partial charge in [0.25, 0.3) is 0 Å². The van der Waals surface area contributed by atoms with Crippen LogP contribution in [0.4, 0.5) is 0 Å². The van der Waals surface area contributed by atoms with Gasteiger partial charge in [0.1, 0.15) is 0 Å². The molecule has 3 aliphatic rings. The van der Waals surface area contributed by atoms with Crippen LogP contribution in [-0.2, 0) is 16.1 Å². The molecule has 0 radical (unpaired) electrons. The van der Waals surface area contributed by atoms with Gasteiger partial charge >= 0.3 is 0 Å². The molecule has 0 bridgehead atoms. The number of β-amino-alcohol motifs (C(OH)–C–C–N with tert-alkyl or cyclic N) is 1. The van der Waals surface area contributed by atoms with E-state index in [4.69, 9.17) is 0 Å². The first kappa shape index (κ1) is 20.4. The third-order valence-electron chi connectivity index (χ3n) is 7.38. The molecule has 1 N–H and O–H groups in total. The number of hydrogen-bond acceptors (Lipinski definition) is 4. The molecule has 2 saturated heterocycles. The zero-order valence-corrected chi connectivity index (χ0v) is 17.5. The van der Waals surface area contributed by atoms with E-state index < -0.39 is 5.60 Å². The van der Waals surface area contributed by atoms with E-state index >= 15 is 0 Å². The first-order chi connectivity index (χ1) is 13.9. The Kier molecular flexibility index (Phi) is 5.67. The smallest absolute Gasteiger partial charge is 0.242 e. The Hall–Kier alpha value is -1.92. The zero-order chi connectivity index (χ0) is 20.5. The number of piperazine rings is 1. The van der Waals surface area contributed by atoms with E-state index in [2.05, 4.69) is 29.2 Å². The van der Waals surface area contributed by atoms with Crippen LogP contribution in [0.5, 0.6) is 0 Å². The predicted octanol–water partition coefficient (Wildman–Crippen LogP) is 1.87. The number of rotatable bonds is 4. The van der Waals surface area contributed by atoms with E-state index in [1.165, 1.54) is 12.5 Å². The number of aliphatic hydroxyl groups is 1. The Balaban J connectivity index is 1.46. The van der Waals surface area contributed by atoms with Crippen molar-refractivity contribution in [2.45, 2.75) is 51.2 Å². The second-order valence-corrected chi connectivity index (χ2v) is 9.22. The standard InChI is InChI=1S/C23H33N3O3/c1-19(27)25-13-14-26(21(28)16-25)18-23(29)11-12-24(15-20-7-3-2-4-8-20)17-22(23)9-5-6-10-22/h2-4,7-8,29H,5-6,9-18H2,1H3. The molecule has 158 valence electrons. The maximum atomic E-state index is 12.6. The van der Waals surface area contributed by atoms with E-state index in [1.54, 1.807) is 9.80 Å².